The van der Waals surface area contributed by atoms with Gasteiger partial charge in [0.05, 0.1) is 17.5 Å². The fraction of sp³-hybridized carbons (Fsp3) is 0.778. The molecule has 96 valence electrons. The first-order chi connectivity index (χ1) is 7.69. The molecule has 0 aromatic carbocycles. The van der Waals surface area contributed by atoms with Crippen molar-refractivity contribution in [2.24, 2.45) is 23.2 Å². The third-order valence-corrected chi connectivity index (χ3v) is 4.91. The Morgan fingerprint density at radius 1 is 1.29 bits per heavy atom. The number of carbonyl (C=O) groups is 2. The molecule has 0 aromatic heterocycles. The SMILES string of the molecule is O=C(O)C1C2CCC(CP(=O)(O)O)(C(=O)O)C21. The Morgan fingerprint density at radius 3 is 2.24 bits per heavy atom. The number of aliphatic carboxylic acids is 2. The third-order valence-electron chi connectivity index (χ3n) is 3.93. The Labute approximate surface area is 96.6 Å². The Hall–Kier alpha value is -0.910. The van der Waals surface area contributed by atoms with Crippen molar-refractivity contribution in [3.63, 3.8) is 0 Å². The Morgan fingerprint density at radius 2 is 1.88 bits per heavy atom. The molecule has 0 aromatic rings. The number of carboxylic acid groups (broad SMARTS) is 2. The van der Waals surface area contributed by atoms with Crippen molar-refractivity contribution in [3.8, 4) is 0 Å². The smallest absolute Gasteiger partial charge is 0.326 e. The average Bonchev–Trinajstić information content (AvgIpc) is 2.76. The van der Waals surface area contributed by atoms with Crippen LogP contribution in [0.4, 0.5) is 0 Å². The second-order valence-corrected chi connectivity index (χ2v) is 6.52. The van der Waals surface area contributed by atoms with Gasteiger partial charge in [0, 0.05) is 0 Å². The van der Waals surface area contributed by atoms with Gasteiger partial charge in [-0.3, -0.25) is 14.2 Å². The van der Waals surface area contributed by atoms with Crippen LogP contribution in [-0.4, -0.2) is 38.1 Å². The van der Waals surface area contributed by atoms with E-state index in [1.807, 2.05) is 0 Å². The number of fused-ring (bicyclic) bond motifs is 1. The highest BCUT2D eigenvalue weighted by molar-refractivity contribution is 7.51. The zero-order valence-corrected chi connectivity index (χ0v) is 9.71. The minimum absolute atomic E-state index is 0.145. The molecule has 0 amide bonds. The molecule has 0 saturated heterocycles. The first-order valence-corrected chi connectivity index (χ1v) is 6.99. The van der Waals surface area contributed by atoms with E-state index in [0.717, 1.165) is 0 Å². The highest BCUT2D eigenvalue weighted by Crippen LogP contribution is 2.69. The van der Waals surface area contributed by atoms with Gasteiger partial charge in [-0.1, -0.05) is 0 Å². The molecule has 17 heavy (non-hydrogen) atoms. The van der Waals surface area contributed by atoms with Crippen LogP contribution >= 0.6 is 7.60 Å². The summed E-state index contributed by atoms with van der Waals surface area (Å²) in [6, 6.07) is 0. The number of rotatable bonds is 4. The molecule has 2 fully saturated rings. The highest BCUT2D eigenvalue weighted by Gasteiger charge is 2.72. The molecule has 0 aliphatic heterocycles. The van der Waals surface area contributed by atoms with Gasteiger partial charge in [-0.15, -0.1) is 0 Å². The van der Waals surface area contributed by atoms with Crippen molar-refractivity contribution in [2.45, 2.75) is 12.8 Å². The lowest BCUT2D eigenvalue weighted by atomic mass is 9.82. The third kappa shape index (κ3) is 1.88. The predicted molar refractivity (Wildman–Crippen MR) is 54.3 cm³/mol. The van der Waals surface area contributed by atoms with E-state index in [-0.39, 0.29) is 12.3 Å². The van der Waals surface area contributed by atoms with Gasteiger partial charge in [0.15, 0.2) is 0 Å². The van der Waals surface area contributed by atoms with E-state index < -0.39 is 42.9 Å². The van der Waals surface area contributed by atoms with E-state index in [4.69, 9.17) is 14.9 Å². The van der Waals surface area contributed by atoms with Gasteiger partial charge in [0.25, 0.3) is 0 Å². The molecule has 2 aliphatic rings. The summed E-state index contributed by atoms with van der Waals surface area (Å²) in [4.78, 5) is 40.0. The summed E-state index contributed by atoms with van der Waals surface area (Å²) in [5.41, 5.74) is -1.56. The lowest BCUT2D eigenvalue weighted by Gasteiger charge is -2.27. The zero-order chi connectivity index (χ0) is 13.0. The Balaban J connectivity index is 2.29. The fourth-order valence-corrected chi connectivity index (χ4v) is 4.52. The van der Waals surface area contributed by atoms with Crippen molar-refractivity contribution in [1.29, 1.82) is 0 Å². The first-order valence-electron chi connectivity index (χ1n) is 5.20. The normalized spacial score (nSPS) is 39.8. The van der Waals surface area contributed by atoms with Crippen LogP contribution in [0.15, 0.2) is 0 Å². The van der Waals surface area contributed by atoms with E-state index in [1.54, 1.807) is 0 Å². The van der Waals surface area contributed by atoms with Crippen LogP contribution in [0.1, 0.15) is 12.8 Å². The topological polar surface area (TPSA) is 132 Å². The fourth-order valence-electron chi connectivity index (χ4n) is 3.28. The highest BCUT2D eigenvalue weighted by atomic mass is 31.2. The van der Waals surface area contributed by atoms with Gasteiger partial charge in [-0.2, -0.15) is 0 Å². The quantitative estimate of drug-likeness (QED) is 0.524. The van der Waals surface area contributed by atoms with E-state index in [9.17, 15) is 19.3 Å². The summed E-state index contributed by atoms with van der Waals surface area (Å²) < 4.78 is 11.0. The molecule has 4 unspecified atom stereocenters. The second kappa shape index (κ2) is 3.54. The molecular formula is C9H13O7P. The molecule has 0 spiro atoms. The predicted octanol–water partition coefficient (Wildman–Crippen LogP) is -0.0243. The monoisotopic (exact) mass is 264 g/mol. The van der Waals surface area contributed by atoms with E-state index >= 15 is 0 Å². The number of hydrogen-bond donors (Lipinski definition) is 4. The Bertz CT molecular complexity index is 427. The minimum Gasteiger partial charge on any atom is -0.481 e. The van der Waals surface area contributed by atoms with Crippen LogP contribution in [0.5, 0.6) is 0 Å². The lowest BCUT2D eigenvalue weighted by Crippen LogP contribution is -2.36. The van der Waals surface area contributed by atoms with Gasteiger partial charge in [0.2, 0.25) is 0 Å². The maximum absolute atomic E-state index is 11.3. The average molecular weight is 264 g/mol. The number of hydrogen-bond acceptors (Lipinski definition) is 3. The number of carboxylic acids is 2. The van der Waals surface area contributed by atoms with Crippen LogP contribution in [0.25, 0.3) is 0 Å². The van der Waals surface area contributed by atoms with Crippen LogP contribution in [0, 0.1) is 23.2 Å². The molecule has 2 saturated carbocycles. The van der Waals surface area contributed by atoms with Crippen molar-refractivity contribution in [2.75, 3.05) is 6.16 Å². The van der Waals surface area contributed by atoms with Gasteiger partial charge < -0.3 is 20.0 Å². The molecule has 7 nitrogen and oxygen atoms in total. The largest absolute Gasteiger partial charge is 0.481 e. The zero-order valence-electron chi connectivity index (χ0n) is 8.81. The molecule has 4 N–H and O–H groups in total. The Kier molecular flexibility index (Phi) is 2.61. The van der Waals surface area contributed by atoms with Crippen molar-refractivity contribution in [1.82, 2.24) is 0 Å². The summed E-state index contributed by atoms with van der Waals surface area (Å²) >= 11 is 0. The van der Waals surface area contributed by atoms with E-state index in [1.165, 1.54) is 0 Å². The van der Waals surface area contributed by atoms with Gasteiger partial charge in [-0.25, -0.2) is 0 Å². The van der Waals surface area contributed by atoms with E-state index in [2.05, 4.69) is 0 Å². The van der Waals surface area contributed by atoms with Crippen molar-refractivity contribution < 1.29 is 34.2 Å². The first kappa shape index (κ1) is 12.5. The summed E-state index contributed by atoms with van der Waals surface area (Å²) in [7, 11) is -4.48. The minimum atomic E-state index is -4.48. The van der Waals surface area contributed by atoms with Crippen LogP contribution in [0.2, 0.25) is 0 Å². The van der Waals surface area contributed by atoms with Crippen LogP contribution < -0.4 is 0 Å². The van der Waals surface area contributed by atoms with Crippen LogP contribution in [-0.2, 0) is 14.2 Å². The maximum atomic E-state index is 11.3. The maximum Gasteiger partial charge on any atom is 0.326 e. The molecular weight excluding hydrogens is 251 g/mol. The molecule has 2 rings (SSSR count). The second-order valence-electron chi connectivity index (χ2n) is 4.88. The van der Waals surface area contributed by atoms with Gasteiger partial charge in [-0.05, 0) is 24.7 Å². The summed E-state index contributed by atoms with van der Waals surface area (Å²) in [6.45, 7) is 0. The standard InChI is InChI=1S/C9H13O7P/c10-7(11)5-4-1-2-9(6(4)5,8(12)13)3-17(14,15)16/h4-6H,1-3H2,(H,10,11)(H,12,13)(H2,14,15,16). The molecule has 0 bridgehead atoms. The van der Waals surface area contributed by atoms with Gasteiger partial charge >= 0.3 is 19.5 Å². The summed E-state index contributed by atoms with van der Waals surface area (Å²) in [6.07, 6.45) is -0.208. The van der Waals surface area contributed by atoms with Gasteiger partial charge in [0.1, 0.15) is 0 Å². The molecule has 4 atom stereocenters. The molecule has 2 aliphatic carbocycles. The molecule has 8 heteroatoms. The van der Waals surface area contributed by atoms with Crippen LogP contribution in [0.3, 0.4) is 0 Å². The summed E-state index contributed by atoms with van der Waals surface area (Å²) in [5, 5.41) is 18.1. The summed E-state index contributed by atoms with van der Waals surface area (Å²) in [5.74, 6) is -4.00. The molecule has 0 heterocycles. The van der Waals surface area contributed by atoms with Crippen molar-refractivity contribution in [3.05, 3.63) is 0 Å². The van der Waals surface area contributed by atoms with E-state index in [0.29, 0.717) is 6.42 Å². The van der Waals surface area contributed by atoms with Crippen molar-refractivity contribution >= 4 is 19.5 Å². The molecule has 0 radical (unpaired) electrons. The lowest BCUT2D eigenvalue weighted by molar-refractivity contribution is -0.150.